The van der Waals surface area contributed by atoms with Crippen molar-refractivity contribution in [1.82, 2.24) is 9.80 Å². The van der Waals surface area contributed by atoms with Crippen LogP contribution in [0.5, 0.6) is 0 Å². The number of aliphatic imine (C=N–C) groups is 2. The zero-order chi connectivity index (χ0) is 27.2. The van der Waals surface area contributed by atoms with Crippen LogP contribution in [0.4, 0.5) is 11.4 Å². The Hall–Kier alpha value is -4.08. The van der Waals surface area contributed by atoms with Crippen LogP contribution in [-0.4, -0.2) is 64.8 Å². The molecule has 1 fully saturated rings. The molecule has 0 bridgehead atoms. The summed E-state index contributed by atoms with van der Waals surface area (Å²) in [6.45, 7) is 5.29. The van der Waals surface area contributed by atoms with E-state index < -0.39 is 11.0 Å². The van der Waals surface area contributed by atoms with Crippen molar-refractivity contribution in [3.05, 3.63) is 102 Å². The molecule has 9 heteroatoms. The van der Waals surface area contributed by atoms with Crippen molar-refractivity contribution in [2.24, 2.45) is 9.98 Å². The van der Waals surface area contributed by atoms with Gasteiger partial charge >= 0.3 is 0 Å². The summed E-state index contributed by atoms with van der Waals surface area (Å²) < 4.78 is 15.7. The smallest absolute Gasteiger partial charge is 0.253 e. The topological polar surface area (TPSA) is 89.4 Å². The predicted octanol–water partition coefficient (Wildman–Crippen LogP) is 4.69. The van der Waals surface area contributed by atoms with Gasteiger partial charge in [-0.3, -0.25) is 4.79 Å². The number of hydrogen-bond acceptors (Lipinski definition) is 6. The van der Waals surface area contributed by atoms with Crippen LogP contribution in [0.3, 0.4) is 0 Å². The van der Waals surface area contributed by atoms with E-state index in [-0.39, 0.29) is 5.91 Å². The Morgan fingerprint density at radius 3 is 2.23 bits per heavy atom. The number of likely N-dealkylation sites (N-methyl/N-ethyl adjacent to an activating group) is 1. The van der Waals surface area contributed by atoms with Gasteiger partial charge in [0, 0.05) is 55.7 Å². The normalized spacial score (nSPS) is 16.6. The number of amides is 1. The Kier molecular flexibility index (Phi) is 8.29. The maximum Gasteiger partial charge on any atom is 0.253 e. The molecule has 0 aromatic heterocycles. The number of aryl methyl sites for hydroxylation is 1. The number of carbonyl (C=O) groups is 1. The predicted molar refractivity (Wildman–Crippen MR) is 159 cm³/mol. The van der Waals surface area contributed by atoms with Crippen LogP contribution in [0.1, 0.15) is 27.9 Å². The van der Waals surface area contributed by atoms with Gasteiger partial charge in [0.25, 0.3) is 5.91 Å². The summed E-state index contributed by atoms with van der Waals surface area (Å²) in [5.41, 5.74) is 5.19. The Morgan fingerprint density at radius 2 is 1.54 bits per heavy atom. The highest BCUT2D eigenvalue weighted by molar-refractivity contribution is 7.86. The van der Waals surface area contributed by atoms with Crippen molar-refractivity contribution in [2.75, 3.05) is 43.3 Å². The zero-order valence-electron chi connectivity index (χ0n) is 22.1. The number of hydrogen-bond donors (Lipinski definition) is 2. The van der Waals surface area contributed by atoms with Gasteiger partial charge in [-0.1, -0.05) is 35.9 Å². The lowest BCUT2D eigenvalue weighted by Crippen LogP contribution is -2.47. The molecule has 1 amide bonds. The number of allylic oxidation sites excluding steroid dienone is 1. The van der Waals surface area contributed by atoms with E-state index in [0.717, 1.165) is 59.3 Å². The fourth-order valence-corrected chi connectivity index (χ4v) is 5.16. The minimum Gasteiger partial charge on any atom is -0.336 e. The van der Waals surface area contributed by atoms with Crippen LogP contribution in [0.2, 0.25) is 0 Å². The summed E-state index contributed by atoms with van der Waals surface area (Å²) in [4.78, 5) is 26.9. The van der Waals surface area contributed by atoms with Crippen LogP contribution < -0.4 is 10.0 Å². The number of carbonyl (C=O) groups excluding carboxylic acids is 1. The number of piperazine rings is 1. The monoisotopic (exact) mass is 540 g/mol. The third kappa shape index (κ3) is 6.87. The van der Waals surface area contributed by atoms with E-state index in [1.165, 1.54) is 0 Å². The molecule has 2 N–H and O–H groups in total. The molecular formula is C30H32N6O2S. The average molecular weight is 541 g/mol. The molecule has 1 saturated heterocycles. The van der Waals surface area contributed by atoms with E-state index in [1.807, 2.05) is 90.7 Å². The van der Waals surface area contributed by atoms with E-state index in [0.29, 0.717) is 17.9 Å². The van der Waals surface area contributed by atoms with Crippen molar-refractivity contribution in [2.45, 2.75) is 18.2 Å². The molecule has 2 aliphatic heterocycles. The first-order chi connectivity index (χ1) is 18.9. The molecule has 0 saturated carbocycles. The Morgan fingerprint density at radius 1 is 0.872 bits per heavy atom. The second kappa shape index (κ2) is 12.2. The first-order valence-electron chi connectivity index (χ1n) is 13.0. The molecule has 3 aromatic carbocycles. The highest BCUT2D eigenvalue weighted by Gasteiger charge is 2.20. The molecule has 0 spiro atoms. The lowest BCUT2D eigenvalue weighted by Gasteiger charge is -2.32. The van der Waals surface area contributed by atoms with Gasteiger partial charge in [0.2, 0.25) is 5.96 Å². The molecule has 200 valence electrons. The van der Waals surface area contributed by atoms with Crippen LogP contribution in [0.15, 0.2) is 100.0 Å². The van der Waals surface area contributed by atoms with Gasteiger partial charge in [0.1, 0.15) is 11.0 Å². The Bertz CT molecular complexity index is 1420. The van der Waals surface area contributed by atoms with Gasteiger partial charge in [-0.15, -0.1) is 0 Å². The molecule has 5 rings (SSSR count). The molecular weight excluding hydrogens is 508 g/mol. The van der Waals surface area contributed by atoms with Crippen LogP contribution >= 0.6 is 0 Å². The fraction of sp³-hybridized carbons (Fsp3) is 0.233. The third-order valence-corrected chi connectivity index (χ3v) is 7.82. The minimum atomic E-state index is -1.34. The van der Waals surface area contributed by atoms with Gasteiger partial charge < -0.3 is 19.8 Å². The Balaban J connectivity index is 1.22. The van der Waals surface area contributed by atoms with E-state index in [2.05, 4.69) is 27.0 Å². The van der Waals surface area contributed by atoms with E-state index in [1.54, 1.807) is 6.20 Å². The van der Waals surface area contributed by atoms with Crippen molar-refractivity contribution >= 4 is 39.9 Å². The van der Waals surface area contributed by atoms with Gasteiger partial charge in [-0.2, -0.15) is 0 Å². The number of benzene rings is 3. The third-order valence-electron chi connectivity index (χ3n) is 6.70. The van der Waals surface area contributed by atoms with Crippen molar-refractivity contribution in [1.29, 1.82) is 0 Å². The van der Waals surface area contributed by atoms with E-state index >= 15 is 0 Å². The fourth-order valence-electron chi connectivity index (χ4n) is 4.31. The number of nitrogens with one attached hydrogen (secondary N) is 2. The lowest BCUT2D eigenvalue weighted by atomic mass is 10.1. The number of guanidine groups is 1. The molecule has 1 atom stereocenters. The van der Waals surface area contributed by atoms with Crippen molar-refractivity contribution < 1.29 is 9.00 Å². The summed E-state index contributed by atoms with van der Waals surface area (Å²) >= 11 is 0. The maximum absolute atomic E-state index is 12.8. The molecule has 2 aliphatic rings. The van der Waals surface area contributed by atoms with Gasteiger partial charge in [0.05, 0.1) is 10.6 Å². The second-order valence-corrected chi connectivity index (χ2v) is 10.9. The van der Waals surface area contributed by atoms with E-state index in [9.17, 15) is 9.00 Å². The number of rotatable bonds is 6. The lowest BCUT2D eigenvalue weighted by molar-refractivity contribution is 0.0664. The standard InChI is InChI=1S/C30H32N6O2S/c1-22-5-15-27(16-6-22)39(38)34-26-13-7-23(8-14-26)28-4-3-17-31-30(33-28)32-25-11-9-24(10-12-25)29(37)36-20-18-35(2)19-21-36/h3,5-17,34H,4,18-21H2,1-2H3,(H,31,32). The first-order valence-corrected chi connectivity index (χ1v) is 14.1. The summed E-state index contributed by atoms with van der Waals surface area (Å²) in [5, 5.41) is 3.26. The summed E-state index contributed by atoms with van der Waals surface area (Å²) in [6.07, 6.45) is 4.34. The number of nitrogens with zero attached hydrogens (tertiary/aromatic N) is 4. The van der Waals surface area contributed by atoms with E-state index in [4.69, 9.17) is 4.99 Å². The molecule has 3 aromatic rings. The van der Waals surface area contributed by atoms with Gasteiger partial charge in [-0.25, -0.2) is 14.2 Å². The minimum absolute atomic E-state index is 0.0605. The quantitative estimate of drug-likeness (QED) is 0.475. The molecule has 0 radical (unpaired) electrons. The van der Waals surface area contributed by atoms with Gasteiger partial charge in [0.15, 0.2) is 0 Å². The summed E-state index contributed by atoms with van der Waals surface area (Å²) in [7, 11) is 0.735. The highest BCUT2D eigenvalue weighted by Crippen LogP contribution is 2.18. The van der Waals surface area contributed by atoms with Crippen molar-refractivity contribution in [3.8, 4) is 0 Å². The summed E-state index contributed by atoms with van der Waals surface area (Å²) in [6, 6.07) is 22.8. The second-order valence-electron chi connectivity index (χ2n) is 9.66. The average Bonchev–Trinajstić information content (AvgIpc) is 3.20. The van der Waals surface area contributed by atoms with Crippen LogP contribution in [0, 0.1) is 6.92 Å². The molecule has 8 nitrogen and oxygen atoms in total. The zero-order valence-corrected chi connectivity index (χ0v) is 22.9. The molecule has 2 heterocycles. The SMILES string of the molecule is Cc1ccc(S(=O)Nc2ccc(C3=NC(Nc4ccc(C(=O)N5CCN(C)CC5)cc4)=NC=CC3)cc2)cc1. The number of anilines is 2. The van der Waals surface area contributed by atoms with Gasteiger partial charge in [-0.05, 0) is 68.1 Å². The Labute approximate surface area is 231 Å². The van der Waals surface area contributed by atoms with Crippen molar-refractivity contribution in [3.63, 3.8) is 0 Å². The molecule has 39 heavy (non-hydrogen) atoms. The molecule has 0 aliphatic carbocycles. The van der Waals surface area contributed by atoms with Crippen LogP contribution in [-0.2, 0) is 11.0 Å². The highest BCUT2D eigenvalue weighted by atomic mass is 32.2. The maximum atomic E-state index is 12.8. The first kappa shape index (κ1) is 26.5. The summed E-state index contributed by atoms with van der Waals surface area (Å²) in [5.74, 6) is 0.532. The molecule has 1 unspecified atom stereocenters. The van der Waals surface area contributed by atoms with Crippen LogP contribution in [0.25, 0.3) is 0 Å². The largest absolute Gasteiger partial charge is 0.336 e.